The molecule has 0 fully saturated rings. The van der Waals surface area contributed by atoms with Crippen molar-refractivity contribution >= 4 is 27.6 Å². The first-order valence-corrected chi connectivity index (χ1v) is 4.42. The second-order valence-electron chi connectivity index (χ2n) is 1.72. The van der Waals surface area contributed by atoms with Crippen LogP contribution in [0.15, 0.2) is 24.3 Å². The molecular weight excluding hydrogens is 203 g/mol. The van der Waals surface area contributed by atoms with E-state index in [2.05, 4.69) is 20.6 Å². The SMILES string of the molecule is CC.Nc1ccc(N[Se])cc1. The number of nitrogens with one attached hydrogen (secondary N) is 1. The van der Waals surface area contributed by atoms with Crippen molar-refractivity contribution in [2.75, 3.05) is 10.1 Å². The summed E-state index contributed by atoms with van der Waals surface area (Å²) >= 11 is 2.69. The third-order valence-corrected chi connectivity index (χ3v) is 1.52. The Balaban J connectivity index is 0.000000461. The molecule has 0 amide bonds. The number of hydrogen-bond donors (Lipinski definition) is 2. The summed E-state index contributed by atoms with van der Waals surface area (Å²) in [6.07, 6.45) is 0. The molecule has 0 heterocycles. The summed E-state index contributed by atoms with van der Waals surface area (Å²) < 4.78 is 2.87. The van der Waals surface area contributed by atoms with Gasteiger partial charge in [0.1, 0.15) is 0 Å². The number of nitrogen functional groups attached to an aromatic ring is 1. The molecule has 1 aromatic rings. The topological polar surface area (TPSA) is 38.0 Å². The molecule has 0 aromatic heterocycles. The van der Waals surface area contributed by atoms with Crippen LogP contribution < -0.4 is 10.1 Å². The van der Waals surface area contributed by atoms with Crippen molar-refractivity contribution in [3.05, 3.63) is 24.3 Å². The molecule has 3 N–H and O–H groups in total. The Hall–Kier alpha value is -0.661. The average Bonchev–Trinajstić information content (AvgIpc) is 2.10. The van der Waals surface area contributed by atoms with Crippen LogP contribution in [0.3, 0.4) is 0 Å². The standard InChI is InChI=1S/C6H7N2Se.C2H6/c7-5-1-3-6(8-9)4-2-5;1-2/h1-4,8H,7H2;1-2H3. The van der Waals surface area contributed by atoms with Crippen molar-refractivity contribution in [1.29, 1.82) is 0 Å². The van der Waals surface area contributed by atoms with Gasteiger partial charge in [-0.15, -0.1) is 0 Å². The molecule has 3 heteroatoms. The average molecular weight is 216 g/mol. The molecule has 1 radical (unpaired) electrons. The van der Waals surface area contributed by atoms with Crippen molar-refractivity contribution < 1.29 is 0 Å². The van der Waals surface area contributed by atoms with E-state index < -0.39 is 0 Å². The van der Waals surface area contributed by atoms with Gasteiger partial charge in [0.05, 0.1) is 0 Å². The van der Waals surface area contributed by atoms with Crippen molar-refractivity contribution in [3.63, 3.8) is 0 Å². The predicted molar refractivity (Wildman–Crippen MR) is 51.6 cm³/mol. The van der Waals surface area contributed by atoms with Gasteiger partial charge in [-0.2, -0.15) is 0 Å². The van der Waals surface area contributed by atoms with Gasteiger partial charge in [0.25, 0.3) is 0 Å². The van der Waals surface area contributed by atoms with E-state index >= 15 is 0 Å². The van der Waals surface area contributed by atoms with Crippen LogP contribution in [0.2, 0.25) is 0 Å². The van der Waals surface area contributed by atoms with E-state index in [9.17, 15) is 0 Å². The molecule has 11 heavy (non-hydrogen) atoms. The molecule has 0 spiro atoms. The fourth-order valence-electron chi connectivity index (χ4n) is 0.551. The monoisotopic (exact) mass is 217 g/mol. The first-order valence-electron chi connectivity index (χ1n) is 3.56. The fraction of sp³-hybridized carbons (Fsp3) is 0.250. The molecule has 0 saturated heterocycles. The van der Waals surface area contributed by atoms with E-state index in [1.54, 1.807) is 0 Å². The molecule has 2 nitrogen and oxygen atoms in total. The minimum atomic E-state index is 0.786. The number of nitrogens with two attached hydrogens (primary N) is 1. The summed E-state index contributed by atoms with van der Waals surface area (Å²) in [6, 6.07) is 7.51. The second kappa shape index (κ2) is 6.08. The molecule has 0 aliphatic heterocycles. The van der Waals surface area contributed by atoms with Crippen molar-refractivity contribution in [1.82, 2.24) is 0 Å². The van der Waals surface area contributed by atoms with Crippen LogP contribution in [0.1, 0.15) is 13.8 Å². The van der Waals surface area contributed by atoms with Gasteiger partial charge in [0.2, 0.25) is 0 Å². The molecule has 0 aliphatic carbocycles. The number of rotatable bonds is 1. The van der Waals surface area contributed by atoms with Gasteiger partial charge in [-0.05, 0) is 0 Å². The summed E-state index contributed by atoms with van der Waals surface area (Å²) in [5.41, 5.74) is 7.26. The van der Waals surface area contributed by atoms with E-state index in [4.69, 9.17) is 5.73 Å². The van der Waals surface area contributed by atoms with Crippen LogP contribution in [0.25, 0.3) is 0 Å². The summed E-state index contributed by atoms with van der Waals surface area (Å²) in [4.78, 5) is 0. The summed E-state index contributed by atoms with van der Waals surface area (Å²) in [6.45, 7) is 4.00. The van der Waals surface area contributed by atoms with Gasteiger partial charge in [-0.3, -0.25) is 0 Å². The number of hydrogen-bond acceptors (Lipinski definition) is 2. The molecule has 0 aliphatic rings. The third-order valence-electron chi connectivity index (χ3n) is 1.03. The maximum atomic E-state index is 5.44. The minimum absolute atomic E-state index is 0.786. The Morgan fingerprint density at radius 3 is 2.00 bits per heavy atom. The van der Waals surface area contributed by atoms with Crippen molar-refractivity contribution in [2.45, 2.75) is 13.8 Å². The van der Waals surface area contributed by atoms with Crippen LogP contribution in [-0.2, 0) is 0 Å². The van der Waals surface area contributed by atoms with E-state index in [-0.39, 0.29) is 0 Å². The van der Waals surface area contributed by atoms with E-state index in [1.807, 2.05) is 38.1 Å². The quantitative estimate of drug-likeness (QED) is 0.554. The summed E-state index contributed by atoms with van der Waals surface area (Å²) in [7, 11) is 0. The van der Waals surface area contributed by atoms with Gasteiger partial charge in [0, 0.05) is 0 Å². The molecule has 1 rings (SSSR count). The van der Waals surface area contributed by atoms with E-state index in [1.165, 1.54) is 0 Å². The molecule has 0 saturated carbocycles. The van der Waals surface area contributed by atoms with Gasteiger partial charge < -0.3 is 0 Å². The number of anilines is 2. The van der Waals surface area contributed by atoms with E-state index in [0.29, 0.717) is 0 Å². The second-order valence-corrected chi connectivity index (χ2v) is 2.15. The van der Waals surface area contributed by atoms with Crippen LogP contribution in [0.4, 0.5) is 11.4 Å². The summed E-state index contributed by atoms with van der Waals surface area (Å²) in [5.74, 6) is 0. The molecule has 1 aromatic carbocycles. The Morgan fingerprint density at radius 2 is 1.64 bits per heavy atom. The van der Waals surface area contributed by atoms with Crippen LogP contribution >= 0.6 is 0 Å². The summed E-state index contributed by atoms with van der Waals surface area (Å²) in [5, 5.41) is 0. The van der Waals surface area contributed by atoms with Crippen LogP contribution in [0.5, 0.6) is 0 Å². The molecule has 0 atom stereocenters. The van der Waals surface area contributed by atoms with Gasteiger partial charge >= 0.3 is 61.9 Å². The molecule has 0 unspecified atom stereocenters. The molecule has 0 bridgehead atoms. The van der Waals surface area contributed by atoms with Crippen molar-refractivity contribution in [3.8, 4) is 0 Å². The molecular formula is C8H13N2Se. The fourth-order valence-corrected chi connectivity index (χ4v) is 0.837. The van der Waals surface area contributed by atoms with Gasteiger partial charge in [-0.25, -0.2) is 0 Å². The predicted octanol–water partition coefficient (Wildman–Crippen LogP) is 1.79. The molecule has 61 valence electrons. The normalized spacial score (nSPS) is 7.91. The zero-order chi connectivity index (χ0) is 8.69. The van der Waals surface area contributed by atoms with Gasteiger partial charge in [0.15, 0.2) is 0 Å². The Morgan fingerprint density at radius 1 is 1.18 bits per heavy atom. The first-order chi connectivity index (χ1) is 5.33. The zero-order valence-corrected chi connectivity index (χ0v) is 8.51. The Kier molecular flexibility index (Phi) is 5.71. The Bertz CT molecular complexity index is 184. The number of benzene rings is 1. The Labute approximate surface area is 76.2 Å². The van der Waals surface area contributed by atoms with E-state index in [0.717, 1.165) is 11.4 Å². The zero-order valence-electron chi connectivity index (χ0n) is 6.79. The van der Waals surface area contributed by atoms with Gasteiger partial charge in [-0.1, -0.05) is 13.8 Å². The van der Waals surface area contributed by atoms with Crippen LogP contribution in [-0.4, -0.2) is 16.2 Å². The third kappa shape index (κ3) is 3.91. The van der Waals surface area contributed by atoms with Crippen LogP contribution in [0, 0.1) is 0 Å². The maximum absolute atomic E-state index is 5.44. The van der Waals surface area contributed by atoms with Crippen molar-refractivity contribution in [2.24, 2.45) is 0 Å². The first kappa shape index (κ1) is 10.3.